The van der Waals surface area contributed by atoms with Gasteiger partial charge in [-0.05, 0) is 75.6 Å². The Labute approximate surface area is 391 Å². The zero-order chi connectivity index (χ0) is 39.7. The number of hydrogen-bond acceptors (Lipinski definition) is 8. The van der Waals surface area contributed by atoms with E-state index in [9.17, 15) is 20.4 Å². The molecular weight excluding hydrogens is 859 g/mol. The summed E-state index contributed by atoms with van der Waals surface area (Å²) in [5.74, 6) is 0.386. The minimum atomic E-state index is 0. The first-order valence-corrected chi connectivity index (χ1v) is 20.7. The molecule has 316 valence electrons. The van der Waals surface area contributed by atoms with E-state index in [1.54, 1.807) is 24.3 Å². The van der Waals surface area contributed by atoms with E-state index >= 15 is 0 Å². The van der Waals surface area contributed by atoms with Crippen molar-refractivity contribution in [3.63, 3.8) is 0 Å². The van der Waals surface area contributed by atoms with Crippen molar-refractivity contribution in [2.24, 2.45) is 0 Å². The van der Waals surface area contributed by atoms with E-state index in [0.717, 1.165) is 70.2 Å². The number of alkyl halides is 2. The van der Waals surface area contributed by atoms with Crippen molar-refractivity contribution in [1.82, 2.24) is 21.3 Å². The number of benzene rings is 4. The van der Waals surface area contributed by atoms with Gasteiger partial charge < -0.3 is 52.6 Å². The molecule has 0 aliphatic heterocycles. The van der Waals surface area contributed by atoms with Crippen LogP contribution >= 0.6 is 23.2 Å². The molecule has 10 nitrogen and oxygen atoms in total. The van der Waals surface area contributed by atoms with Crippen LogP contribution in [0.1, 0.15) is 95.9 Å². The van der Waals surface area contributed by atoms with Crippen LogP contribution in [0.5, 0.6) is 23.0 Å². The zero-order valence-corrected chi connectivity index (χ0v) is 39.3. The monoisotopic (exact) mass is 916 g/mol. The first-order valence-electron chi connectivity index (χ1n) is 19.6. The average Bonchev–Trinajstić information content (AvgIpc) is 3.17. The third kappa shape index (κ3) is 19.2. The predicted molar refractivity (Wildman–Crippen MR) is 220 cm³/mol. The van der Waals surface area contributed by atoms with Gasteiger partial charge in [-0.15, -0.1) is 46.2 Å². The summed E-state index contributed by atoms with van der Waals surface area (Å²) >= 11 is 9.53. The average molecular weight is 918 g/mol. The molecule has 2 fully saturated rings. The molecule has 4 N–H and O–H groups in total. The van der Waals surface area contributed by atoms with E-state index in [0.29, 0.717) is 50.3 Å². The van der Waals surface area contributed by atoms with Crippen molar-refractivity contribution in [3.8, 4) is 23.0 Å². The number of rotatable bonds is 12. The van der Waals surface area contributed by atoms with Gasteiger partial charge in [0.25, 0.3) is 0 Å². The Hall–Kier alpha value is -2.15. The number of nitrogens with one attached hydrogen (secondary N) is 4. The molecule has 4 aromatic rings. The van der Waals surface area contributed by atoms with Gasteiger partial charge in [0, 0.05) is 50.3 Å². The van der Waals surface area contributed by atoms with E-state index in [4.69, 9.17) is 23.2 Å². The van der Waals surface area contributed by atoms with Crippen molar-refractivity contribution in [2.75, 3.05) is 5.34 Å². The van der Waals surface area contributed by atoms with Crippen LogP contribution in [0.15, 0.2) is 72.8 Å². The van der Waals surface area contributed by atoms with Crippen molar-refractivity contribution < 1.29 is 74.8 Å². The van der Waals surface area contributed by atoms with Gasteiger partial charge in [0.15, 0.2) is 0 Å². The molecule has 0 saturated heterocycles. The fourth-order valence-electron chi connectivity index (χ4n) is 7.59. The molecule has 0 heterocycles. The molecule has 4 atom stereocenters. The molecule has 14 heteroatoms. The van der Waals surface area contributed by atoms with E-state index < -0.39 is 0 Å². The van der Waals surface area contributed by atoms with Gasteiger partial charge in [-0.1, -0.05) is 121 Å². The SMILES string of the molecule is Cc1ccc([O-])c(CN[C@@H]2CCCC[C@H]2NCc2cc(C)ccc2[O-])c1.Cc1ccc([O-])c(CN[C@@H]2CCCC[C@H]2NCc2cc(C)ccc2[O-])c1.ClCCl.[O-2].[O-2].[Ti+4].[Ti+4]. The summed E-state index contributed by atoms with van der Waals surface area (Å²) in [4.78, 5) is 0. The molecule has 59 heavy (non-hydrogen) atoms. The standard InChI is InChI=1S/2C22H30N2O2.CH2Cl2.2O.2Ti/c2*1-15-7-9-21(25)17(11-15)13-23-19-5-3-4-6-20(19)24-14-18-12-16(2)8-10-22(18)26;2-1-3;;;;/h2*7-12,19-20,23-26H,3-6,13-14H2,1-2H3;1H2;;;;/q;;;2*-2;2*+4/p-4/t2*19-,20-;;;;;/m11...../s1. The first-order chi connectivity index (χ1) is 26.5. The van der Waals surface area contributed by atoms with Gasteiger partial charge in [-0.2, -0.15) is 0 Å². The van der Waals surface area contributed by atoms with Crippen LogP contribution in [0.2, 0.25) is 0 Å². The Balaban J connectivity index is 0.00000100. The van der Waals surface area contributed by atoms with E-state index in [2.05, 4.69) is 21.3 Å². The Morgan fingerprint density at radius 3 is 0.797 bits per heavy atom. The molecule has 0 spiro atoms. The van der Waals surface area contributed by atoms with Crippen LogP contribution in [0, 0.1) is 27.7 Å². The summed E-state index contributed by atoms with van der Waals surface area (Å²) in [6.07, 6.45) is 9.17. The second-order valence-electron chi connectivity index (χ2n) is 15.1. The maximum atomic E-state index is 12.0. The van der Waals surface area contributed by atoms with Crippen LogP contribution in [-0.2, 0) is 80.6 Å². The maximum absolute atomic E-state index is 12.0. The van der Waals surface area contributed by atoms with Crippen molar-refractivity contribution in [1.29, 1.82) is 0 Å². The van der Waals surface area contributed by atoms with Gasteiger partial charge in [0.05, 0.1) is 5.34 Å². The summed E-state index contributed by atoms with van der Waals surface area (Å²) in [5.41, 5.74) is 7.77. The Morgan fingerprint density at radius 2 is 0.610 bits per heavy atom. The molecule has 0 amide bonds. The third-order valence-electron chi connectivity index (χ3n) is 10.6. The Kier molecular flexibility index (Phi) is 28.9. The number of hydrogen-bond donors (Lipinski definition) is 4. The summed E-state index contributed by atoms with van der Waals surface area (Å²) in [6.45, 7) is 10.4. The minimum absolute atomic E-state index is 0. The number of halogens is 2. The van der Waals surface area contributed by atoms with Gasteiger partial charge in [-0.25, -0.2) is 0 Å². The van der Waals surface area contributed by atoms with Crippen LogP contribution < -0.4 is 41.7 Å². The molecule has 4 aromatic carbocycles. The quantitative estimate of drug-likeness (QED) is 0.0918. The molecule has 0 unspecified atom stereocenters. The van der Waals surface area contributed by atoms with Crippen LogP contribution in [0.25, 0.3) is 0 Å². The fraction of sp³-hybridized carbons (Fsp3) is 0.467. The summed E-state index contributed by atoms with van der Waals surface area (Å²) in [7, 11) is 0. The largest absolute Gasteiger partial charge is 4.00 e. The summed E-state index contributed by atoms with van der Waals surface area (Å²) in [6, 6.07) is 23.2. The summed E-state index contributed by atoms with van der Waals surface area (Å²) < 4.78 is 0. The molecule has 0 aromatic heterocycles. The molecule has 2 aliphatic carbocycles. The van der Waals surface area contributed by atoms with Gasteiger partial charge in [0.2, 0.25) is 0 Å². The smallest absolute Gasteiger partial charge is 2.00 e. The molecular formula is C45H58Cl2N4O6Ti2. The third-order valence-corrected chi connectivity index (χ3v) is 10.6. The minimum Gasteiger partial charge on any atom is -2.00 e. The fourth-order valence-corrected chi connectivity index (χ4v) is 7.59. The van der Waals surface area contributed by atoms with Crippen molar-refractivity contribution in [3.05, 3.63) is 117 Å². The normalized spacial score (nSPS) is 18.1. The van der Waals surface area contributed by atoms with Crippen molar-refractivity contribution >= 4 is 23.2 Å². The first kappa shape index (κ1) is 56.8. The molecule has 2 saturated carbocycles. The topological polar surface area (TPSA) is 197 Å². The van der Waals surface area contributed by atoms with Gasteiger partial charge in [-0.3, -0.25) is 0 Å². The molecule has 0 bridgehead atoms. The van der Waals surface area contributed by atoms with Crippen molar-refractivity contribution in [2.45, 2.75) is 129 Å². The van der Waals surface area contributed by atoms with E-state index in [1.807, 2.05) is 76.2 Å². The molecule has 0 radical (unpaired) electrons. The second-order valence-corrected chi connectivity index (χ2v) is 15.9. The van der Waals surface area contributed by atoms with Gasteiger partial charge >= 0.3 is 43.4 Å². The molecule has 2 aliphatic rings. The van der Waals surface area contributed by atoms with Crippen LogP contribution in [-0.4, -0.2) is 29.5 Å². The summed E-state index contributed by atoms with van der Waals surface area (Å²) in [5, 5.41) is 62.6. The van der Waals surface area contributed by atoms with E-state index in [-0.39, 0.29) is 82.7 Å². The van der Waals surface area contributed by atoms with Gasteiger partial charge in [0.1, 0.15) is 0 Å². The maximum Gasteiger partial charge on any atom is 4.00 e. The van der Waals surface area contributed by atoms with Crippen LogP contribution in [0.3, 0.4) is 0 Å². The van der Waals surface area contributed by atoms with Crippen LogP contribution in [0.4, 0.5) is 0 Å². The zero-order valence-electron chi connectivity index (χ0n) is 34.6. The van der Waals surface area contributed by atoms with E-state index in [1.165, 1.54) is 25.7 Å². The molecule has 6 rings (SSSR count). The Morgan fingerprint density at radius 1 is 0.424 bits per heavy atom. The second kappa shape index (κ2) is 30.0. The number of aryl methyl sites for hydroxylation is 4. The Bertz CT molecular complexity index is 1540. The predicted octanol–water partition coefficient (Wildman–Crippen LogP) is 6.46.